The van der Waals surface area contributed by atoms with E-state index in [4.69, 9.17) is 0 Å². The summed E-state index contributed by atoms with van der Waals surface area (Å²) in [5.74, 6) is 0.250. The molecule has 1 atom stereocenters. The van der Waals surface area contributed by atoms with Crippen molar-refractivity contribution in [2.75, 3.05) is 9.80 Å². The molecule has 0 bridgehead atoms. The predicted molar refractivity (Wildman–Crippen MR) is 198 cm³/mol. The Morgan fingerprint density at radius 3 is 1.22 bits per heavy atom. The smallest absolute Gasteiger partial charge is 0.0490 e. The summed E-state index contributed by atoms with van der Waals surface area (Å²) in [6.07, 6.45) is 0. The molecule has 2 heteroatoms. The van der Waals surface area contributed by atoms with Crippen LogP contribution < -0.4 is 9.80 Å². The first-order valence-corrected chi connectivity index (χ1v) is 16.3. The van der Waals surface area contributed by atoms with Gasteiger partial charge in [-0.1, -0.05) is 73.7 Å². The van der Waals surface area contributed by atoms with Crippen LogP contribution in [0.2, 0.25) is 0 Å². The van der Waals surface area contributed by atoms with E-state index < -0.39 is 0 Å². The zero-order chi connectivity index (χ0) is 32.4. The van der Waals surface area contributed by atoms with Gasteiger partial charge in [-0.05, 0) is 153 Å². The van der Waals surface area contributed by atoms with Crippen molar-refractivity contribution >= 4 is 34.1 Å². The van der Waals surface area contributed by atoms with Gasteiger partial charge in [-0.2, -0.15) is 0 Å². The Morgan fingerprint density at radius 1 is 0.370 bits per heavy atom. The molecule has 6 aromatic carbocycles. The minimum atomic E-state index is 0.250. The predicted octanol–water partition coefficient (Wildman–Crippen LogP) is 12.6. The highest BCUT2D eigenvalue weighted by Crippen LogP contribution is 2.41. The normalized spacial score (nSPS) is 11.7. The molecule has 1 unspecified atom stereocenters. The lowest BCUT2D eigenvalue weighted by Gasteiger charge is -2.29. The topological polar surface area (TPSA) is 6.48 Å². The fourth-order valence-corrected chi connectivity index (χ4v) is 6.73. The first-order valence-electron chi connectivity index (χ1n) is 16.3. The maximum absolute atomic E-state index is 2.38. The average Bonchev–Trinajstić information content (AvgIpc) is 3.02. The Hall–Kier alpha value is -5.08. The fraction of sp³-hybridized carbons (Fsp3) is 0.182. The van der Waals surface area contributed by atoms with Crippen LogP contribution in [-0.2, 0) is 0 Å². The van der Waals surface area contributed by atoms with Crippen LogP contribution in [0.15, 0.2) is 133 Å². The molecule has 2 nitrogen and oxygen atoms in total. The van der Waals surface area contributed by atoms with Gasteiger partial charge in [0.25, 0.3) is 0 Å². The summed E-state index contributed by atoms with van der Waals surface area (Å²) in [6.45, 7) is 15.5. The highest BCUT2D eigenvalue weighted by molar-refractivity contribution is 5.80. The number of hydrogen-bond donors (Lipinski definition) is 0. The Bertz CT molecular complexity index is 1960. The molecular weight excluding hydrogens is 556 g/mol. The van der Waals surface area contributed by atoms with Crippen molar-refractivity contribution in [1.29, 1.82) is 0 Å². The molecule has 0 spiro atoms. The Kier molecular flexibility index (Phi) is 8.81. The molecule has 46 heavy (non-hydrogen) atoms. The Balaban J connectivity index is 1.36. The largest absolute Gasteiger partial charge is 0.310 e. The van der Waals surface area contributed by atoms with Crippen molar-refractivity contribution in [3.8, 4) is 0 Å². The van der Waals surface area contributed by atoms with E-state index in [0.29, 0.717) is 0 Å². The molecule has 0 amide bonds. The van der Waals surface area contributed by atoms with Crippen molar-refractivity contribution < 1.29 is 0 Å². The summed E-state index contributed by atoms with van der Waals surface area (Å²) in [4.78, 5) is 4.75. The summed E-state index contributed by atoms with van der Waals surface area (Å²) in [7, 11) is 0. The SMILES string of the molecule is Cc1cccc(N(c2cccc(C)c2)c2ccc(C(C)c3ccc(N(c4cccc(C)c4)c4ccccc4C)cc3C)c(C)c2)c1. The molecule has 0 fully saturated rings. The number of hydrogen-bond acceptors (Lipinski definition) is 2. The molecule has 0 saturated carbocycles. The molecule has 0 N–H and O–H groups in total. The molecule has 0 radical (unpaired) electrons. The zero-order valence-corrected chi connectivity index (χ0v) is 28.2. The quantitative estimate of drug-likeness (QED) is 0.171. The van der Waals surface area contributed by atoms with Gasteiger partial charge in [-0.25, -0.2) is 0 Å². The van der Waals surface area contributed by atoms with Gasteiger partial charge in [-0.15, -0.1) is 0 Å². The second-order valence-corrected chi connectivity index (χ2v) is 12.8. The van der Waals surface area contributed by atoms with Crippen LogP contribution in [0, 0.1) is 41.5 Å². The van der Waals surface area contributed by atoms with E-state index in [0.717, 1.165) is 0 Å². The van der Waals surface area contributed by atoms with Crippen LogP contribution in [0.25, 0.3) is 0 Å². The lowest BCUT2D eigenvalue weighted by atomic mass is 9.87. The molecule has 0 aliphatic rings. The molecule has 0 aliphatic carbocycles. The van der Waals surface area contributed by atoms with Gasteiger partial charge >= 0.3 is 0 Å². The number of nitrogens with zero attached hydrogens (tertiary/aromatic N) is 2. The van der Waals surface area contributed by atoms with Crippen LogP contribution >= 0.6 is 0 Å². The van der Waals surface area contributed by atoms with Gasteiger partial charge < -0.3 is 9.80 Å². The highest BCUT2D eigenvalue weighted by Gasteiger charge is 2.20. The van der Waals surface area contributed by atoms with E-state index in [1.165, 1.54) is 78.6 Å². The van der Waals surface area contributed by atoms with Gasteiger partial charge in [0.05, 0.1) is 0 Å². The van der Waals surface area contributed by atoms with Gasteiger partial charge in [0.1, 0.15) is 0 Å². The molecule has 0 heterocycles. The van der Waals surface area contributed by atoms with Crippen LogP contribution in [0.4, 0.5) is 34.1 Å². The summed E-state index contributed by atoms with van der Waals surface area (Å²) in [5.41, 5.74) is 17.3. The van der Waals surface area contributed by atoms with Gasteiger partial charge in [0.2, 0.25) is 0 Å². The fourth-order valence-electron chi connectivity index (χ4n) is 6.73. The van der Waals surface area contributed by atoms with Crippen molar-refractivity contribution in [3.05, 3.63) is 178 Å². The second-order valence-electron chi connectivity index (χ2n) is 12.8. The minimum absolute atomic E-state index is 0.250. The van der Waals surface area contributed by atoms with Crippen LogP contribution in [-0.4, -0.2) is 0 Å². The van der Waals surface area contributed by atoms with Crippen molar-refractivity contribution in [3.63, 3.8) is 0 Å². The minimum Gasteiger partial charge on any atom is -0.310 e. The van der Waals surface area contributed by atoms with Crippen LogP contribution in [0.1, 0.15) is 57.3 Å². The first-order chi connectivity index (χ1) is 22.2. The lowest BCUT2D eigenvalue weighted by Crippen LogP contribution is -2.13. The maximum Gasteiger partial charge on any atom is 0.0490 e. The van der Waals surface area contributed by atoms with E-state index in [9.17, 15) is 0 Å². The zero-order valence-electron chi connectivity index (χ0n) is 28.2. The van der Waals surface area contributed by atoms with E-state index in [1.54, 1.807) is 0 Å². The molecular formula is C44H44N2. The lowest BCUT2D eigenvalue weighted by molar-refractivity contribution is 0.898. The number of rotatable bonds is 8. The molecule has 0 aromatic heterocycles. The number of benzene rings is 6. The molecule has 6 aromatic rings. The number of para-hydroxylation sites is 1. The highest BCUT2D eigenvalue weighted by atomic mass is 15.1. The summed E-state index contributed by atoms with van der Waals surface area (Å²) >= 11 is 0. The van der Waals surface area contributed by atoms with E-state index in [2.05, 4.69) is 192 Å². The monoisotopic (exact) mass is 600 g/mol. The number of anilines is 6. The molecule has 0 aliphatic heterocycles. The third-order valence-electron chi connectivity index (χ3n) is 9.09. The Labute approximate surface area is 275 Å². The van der Waals surface area contributed by atoms with Crippen molar-refractivity contribution in [2.24, 2.45) is 0 Å². The van der Waals surface area contributed by atoms with E-state index in [-0.39, 0.29) is 5.92 Å². The van der Waals surface area contributed by atoms with Gasteiger partial charge in [-0.3, -0.25) is 0 Å². The standard InChI is InChI=1S/C44H44N2/c1-30-13-10-17-37(25-30)45(38-18-11-14-31(2)26-38)40-21-23-42(34(5)28-40)36(7)43-24-22-41(29-35(43)6)46(39-19-12-15-32(3)27-39)44-20-9-8-16-33(44)4/h8-29,36H,1-7H3. The molecule has 0 saturated heterocycles. The van der Waals surface area contributed by atoms with Gasteiger partial charge in [0.15, 0.2) is 0 Å². The molecule has 6 rings (SSSR count). The second kappa shape index (κ2) is 13.1. The van der Waals surface area contributed by atoms with Gasteiger partial charge in [0, 0.05) is 40.0 Å². The van der Waals surface area contributed by atoms with Crippen LogP contribution in [0.3, 0.4) is 0 Å². The summed E-state index contributed by atoms with van der Waals surface area (Å²) < 4.78 is 0. The van der Waals surface area contributed by atoms with Crippen LogP contribution in [0.5, 0.6) is 0 Å². The summed E-state index contributed by atoms with van der Waals surface area (Å²) in [6, 6.07) is 48.8. The third-order valence-corrected chi connectivity index (χ3v) is 9.09. The Morgan fingerprint density at radius 2 is 0.783 bits per heavy atom. The van der Waals surface area contributed by atoms with Crippen molar-refractivity contribution in [1.82, 2.24) is 0 Å². The maximum atomic E-state index is 2.38. The first kappa shape index (κ1) is 30.9. The molecule has 230 valence electrons. The van der Waals surface area contributed by atoms with Crippen molar-refractivity contribution in [2.45, 2.75) is 54.4 Å². The third kappa shape index (κ3) is 6.34. The average molecular weight is 601 g/mol. The number of aryl methyl sites for hydroxylation is 6. The van der Waals surface area contributed by atoms with E-state index in [1.807, 2.05) is 0 Å². The summed E-state index contributed by atoms with van der Waals surface area (Å²) in [5, 5.41) is 0. The van der Waals surface area contributed by atoms with E-state index >= 15 is 0 Å².